The van der Waals surface area contributed by atoms with Crippen molar-refractivity contribution in [1.82, 2.24) is 10.3 Å². The molecule has 112 valence electrons. The molecule has 0 aliphatic rings. The Morgan fingerprint density at radius 3 is 2.91 bits per heavy atom. The van der Waals surface area contributed by atoms with Crippen LogP contribution in [0.25, 0.3) is 10.9 Å². The highest BCUT2D eigenvalue weighted by Crippen LogP contribution is 2.39. The number of carbonyl (C=O) groups is 1. The number of hydrogen-bond donors (Lipinski definition) is 2. The number of pyridine rings is 1. The molecule has 0 radical (unpaired) electrons. The van der Waals surface area contributed by atoms with E-state index in [-0.39, 0.29) is 11.7 Å². The van der Waals surface area contributed by atoms with Crippen molar-refractivity contribution >= 4 is 44.1 Å². The summed E-state index contributed by atoms with van der Waals surface area (Å²) in [5.74, 6) is -0.0685. The highest BCUT2D eigenvalue weighted by molar-refractivity contribution is 9.10. The van der Waals surface area contributed by atoms with Crippen LogP contribution in [-0.2, 0) is 4.79 Å². The average molecular weight is 377 g/mol. The van der Waals surface area contributed by atoms with E-state index in [1.165, 1.54) is 18.3 Å². The number of amides is 1. The van der Waals surface area contributed by atoms with E-state index in [9.17, 15) is 9.90 Å². The molecule has 0 saturated heterocycles. The van der Waals surface area contributed by atoms with Crippen molar-refractivity contribution in [2.75, 3.05) is 0 Å². The van der Waals surface area contributed by atoms with Crippen LogP contribution in [0.2, 0.25) is 0 Å². The monoisotopic (exact) mass is 376 g/mol. The van der Waals surface area contributed by atoms with Crippen LogP contribution in [0.15, 0.2) is 46.4 Å². The van der Waals surface area contributed by atoms with Crippen LogP contribution in [0, 0.1) is 0 Å². The van der Waals surface area contributed by atoms with Crippen molar-refractivity contribution in [3.8, 4) is 5.75 Å². The number of aromatic hydroxyl groups is 1. The fourth-order valence-electron chi connectivity index (χ4n) is 2.39. The fraction of sp³-hybridized carbons (Fsp3) is 0.125. The lowest BCUT2D eigenvalue weighted by molar-refractivity contribution is -0.119. The first-order chi connectivity index (χ1) is 10.6. The van der Waals surface area contributed by atoms with Crippen molar-refractivity contribution in [3.63, 3.8) is 0 Å². The predicted molar refractivity (Wildman–Crippen MR) is 91.1 cm³/mol. The third-order valence-electron chi connectivity index (χ3n) is 3.33. The van der Waals surface area contributed by atoms with E-state index >= 15 is 0 Å². The molecule has 1 atom stereocenters. The van der Waals surface area contributed by atoms with Gasteiger partial charge in [-0.3, -0.25) is 9.78 Å². The van der Waals surface area contributed by atoms with Crippen LogP contribution >= 0.6 is 27.3 Å². The summed E-state index contributed by atoms with van der Waals surface area (Å²) in [6.45, 7) is 1.46. The normalized spacial score (nSPS) is 12.3. The Morgan fingerprint density at radius 2 is 2.23 bits per heavy atom. The Kier molecular flexibility index (Phi) is 4.13. The van der Waals surface area contributed by atoms with Gasteiger partial charge in [0.1, 0.15) is 11.3 Å². The molecule has 22 heavy (non-hydrogen) atoms. The summed E-state index contributed by atoms with van der Waals surface area (Å²) in [4.78, 5) is 16.8. The van der Waals surface area contributed by atoms with E-state index < -0.39 is 6.04 Å². The van der Waals surface area contributed by atoms with Gasteiger partial charge in [0.05, 0.1) is 6.04 Å². The Morgan fingerprint density at radius 1 is 1.41 bits per heavy atom. The van der Waals surface area contributed by atoms with Gasteiger partial charge in [-0.05, 0) is 23.6 Å². The van der Waals surface area contributed by atoms with E-state index in [2.05, 4.69) is 26.2 Å². The maximum Gasteiger partial charge on any atom is 0.217 e. The first kappa shape index (κ1) is 15.0. The molecule has 0 unspecified atom stereocenters. The number of nitrogens with zero attached hydrogens (tertiary/aromatic N) is 1. The minimum atomic E-state index is -0.403. The van der Waals surface area contributed by atoms with E-state index in [4.69, 9.17) is 0 Å². The Hall–Kier alpha value is -1.92. The summed E-state index contributed by atoms with van der Waals surface area (Å²) in [5.41, 5.74) is 1.13. The lowest BCUT2D eigenvalue weighted by Gasteiger charge is -2.19. The molecule has 3 rings (SSSR count). The summed E-state index contributed by atoms with van der Waals surface area (Å²) in [5, 5.41) is 16.3. The smallest absolute Gasteiger partial charge is 0.217 e. The number of phenolic OH excluding ortho intramolecular Hbond substituents is 1. The number of nitrogens with one attached hydrogen (secondary N) is 1. The lowest BCUT2D eigenvalue weighted by atomic mass is 10.0. The van der Waals surface area contributed by atoms with Crippen LogP contribution in [0.3, 0.4) is 0 Å². The Bertz CT molecular complexity index is 834. The van der Waals surface area contributed by atoms with Crippen molar-refractivity contribution in [1.29, 1.82) is 0 Å². The van der Waals surface area contributed by atoms with E-state index in [0.29, 0.717) is 11.1 Å². The van der Waals surface area contributed by atoms with Gasteiger partial charge in [0.15, 0.2) is 0 Å². The van der Waals surface area contributed by atoms with Gasteiger partial charge in [-0.2, -0.15) is 0 Å². The van der Waals surface area contributed by atoms with Crippen LogP contribution < -0.4 is 5.32 Å². The van der Waals surface area contributed by atoms with Gasteiger partial charge in [-0.15, -0.1) is 11.3 Å². The SMILES string of the molecule is CC(=O)N[C@H](c1cccs1)c1cc(Br)c2cccnc2c1O. The largest absolute Gasteiger partial charge is 0.505 e. The van der Waals surface area contributed by atoms with Crippen molar-refractivity contribution in [2.24, 2.45) is 0 Å². The zero-order chi connectivity index (χ0) is 15.7. The molecule has 4 nitrogen and oxygen atoms in total. The quantitative estimate of drug-likeness (QED) is 0.726. The molecule has 0 aliphatic heterocycles. The predicted octanol–water partition coefficient (Wildman–Crippen LogP) is 3.99. The third kappa shape index (κ3) is 2.71. The summed E-state index contributed by atoms with van der Waals surface area (Å²) in [6, 6.07) is 8.98. The molecule has 0 aliphatic carbocycles. The van der Waals surface area contributed by atoms with Crippen LogP contribution in [0.5, 0.6) is 5.75 Å². The van der Waals surface area contributed by atoms with Crippen LogP contribution in [0.4, 0.5) is 0 Å². The van der Waals surface area contributed by atoms with Gasteiger partial charge in [0.2, 0.25) is 5.91 Å². The first-order valence-electron chi connectivity index (χ1n) is 6.64. The number of rotatable bonds is 3. The molecule has 2 heterocycles. The second kappa shape index (κ2) is 6.06. The zero-order valence-electron chi connectivity index (χ0n) is 11.7. The summed E-state index contributed by atoms with van der Waals surface area (Å²) in [6.07, 6.45) is 1.64. The fourth-order valence-corrected chi connectivity index (χ4v) is 3.75. The maximum atomic E-state index is 11.6. The van der Waals surface area contributed by atoms with E-state index in [1.54, 1.807) is 6.20 Å². The van der Waals surface area contributed by atoms with E-state index in [1.807, 2.05) is 35.7 Å². The minimum absolute atomic E-state index is 0.0888. The molecular formula is C16H13BrN2O2S. The number of fused-ring (bicyclic) bond motifs is 1. The summed E-state index contributed by atoms with van der Waals surface area (Å²) < 4.78 is 0.829. The van der Waals surface area contributed by atoms with Gasteiger partial charge in [-0.1, -0.05) is 28.1 Å². The highest BCUT2D eigenvalue weighted by atomic mass is 79.9. The first-order valence-corrected chi connectivity index (χ1v) is 8.32. The molecule has 0 spiro atoms. The third-order valence-corrected chi connectivity index (χ3v) is 4.92. The molecule has 6 heteroatoms. The summed E-state index contributed by atoms with van der Waals surface area (Å²) in [7, 11) is 0. The van der Waals surface area contributed by atoms with Gasteiger partial charge < -0.3 is 10.4 Å². The maximum absolute atomic E-state index is 11.6. The molecular weight excluding hydrogens is 364 g/mol. The molecule has 0 bridgehead atoms. The van der Waals surface area contributed by atoms with E-state index in [0.717, 1.165) is 14.7 Å². The van der Waals surface area contributed by atoms with Crippen LogP contribution in [-0.4, -0.2) is 16.0 Å². The number of benzene rings is 1. The molecule has 0 fully saturated rings. The minimum Gasteiger partial charge on any atom is -0.505 e. The molecule has 3 aromatic rings. The number of hydrogen-bond acceptors (Lipinski definition) is 4. The molecule has 2 aromatic heterocycles. The number of thiophene rings is 1. The molecule has 1 aromatic carbocycles. The molecule has 2 N–H and O–H groups in total. The lowest BCUT2D eigenvalue weighted by Crippen LogP contribution is -2.26. The zero-order valence-corrected chi connectivity index (χ0v) is 14.1. The van der Waals surface area contributed by atoms with Gasteiger partial charge in [0.25, 0.3) is 0 Å². The summed E-state index contributed by atoms with van der Waals surface area (Å²) >= 11 is 5.05. The second-order valence-electron chi connectivity index (χ2n) is 4.84. The van der Waals surface area contributed by atoms with Gasteiger partial charge >= 0.3 is 0 Å². The Labute approximate surface area is 139 Å². The average Bonchev–Trinajstić information content (AvgIpc) is 3.03. The van der Waals surface area contributed by atoms with Crippen molar-refractivity contribution in [3.05, 3.63) is 56.8 Å². The Balaban J connectivity index is 2.22. The molecule has 1 amide bonds. The highest BCUT2D eigenvalue weighted by Gasteiger charge is 2.22. The van der Waals surface area contributed by atoms with Crippen molar-refractivity contribution in [2.45, 2.75) is 13.0 Å². The van der Waals surface area contributed by atoms with Crippen LogP contribution in [0.1, 0.15) is 23.4 Å². The topological polar surface area (TPSA) is 62.2 Å². The number of carbonyl (C=O) groups excluding carboxylic acids is 1. The van der Waals surface area contributed by atoms with Gasteiger partial charge in [-0.25, -0.2) is 0 Å². The standard InChI is InChI=1S/C16H13BrN2O2S/c1-9(20)19-14(13-5-3-7-22-13)11-8-12(17)10-4-2-6-18-15(10)16(11)21/h2-8,14,21H,1H3,(H,19,20)/t14-/m0/s1. The molecule has 0 saturated carbocycles. The van der Waals surface area contributed by atoms with Gasteiger partial charge in [0, 0.05) is 33.4 Å². The van der Waals surface area contributed by atoms with Crippen molar-refractivity contribution < 1.29 is 9.90 Å². The number of aromatic nitrogens is 1. The number of halogens is 1. The second-order valence-corrected chi connectivity index (χ2v) is 6.68. The number of phenols is 1.